The van der Waals surface area contributed by atoms with Crippen molar-refractivity contribution < 1.29 is 14.6 Å². The van der Waals surface area contributed by atoms with Gasteiger partial charge >= 0.3 is 0 Å². The Bertz CT molecular complexity index is 395. The third kappa shape index (κ3) is 2.88. The molecule has 0 fully saturated rings. The number of fused-ring (bicyclic) bond motifs is 1. The minimum atomic E-state index is -0.511. The van der Waals surface area contributed by atoms with Crippen molar-refractivity contribution in [3.63, 3.8) is 0 Å². The number of benzene rings is 1. The maximum Gasteiger partial charge on any atom is 0.262 e. The Balaban J connectivity index is 1.91. The average Bonchev–Trinajstić information content (AvgIpc) is 2.38. The number of hydrogen-bond acceptors (Lipinski definition) is 4. The second-order valence-electron chi connectivity index (χ2n) is 3.85. The Hall–Kier alpha value is -1.75. The van der Waals surface area contributed by atoms with Gasteiger partial charge in [0.2, 0.25) is 0 Å². The second kappa shape index (κ2) is 5.54. The third-order valence-corrected chi connectivity index (χ3v) is 2.56. The van der Waals surface area contributed by atoms with Crippen molar-refractivity contribution in [1.29, 1.82) is 0 Å². The van der Waals surface area contributed by atoms with Crippen LogP contribution in [0.5, 0.6) is 5.75 Å². The molecule has 92 valence electrons. The van der Waals surface area contributed by atoms with E-state index in [1.165, 1.54) is 0 Å². The van der Waals surface area contributed by atoms with Crippen LogP contribution >= 0.6 is 0 Å². The Morgan fingerprint density at radius 1 is 1.53 bits per heavy atom. The lowest BCUT2D eigenvalue weighted by Crippen LogP contribution is -2.45. The maximum absolute atomic E-state index is 11.7. The van der Waals surface area contributed by atoms with E-state index in [4.69, 9.17) is 9.84 Å². The number of rotatable bonds is 4. The highest BCUT2D eigenvalue weighted by atomic mass is 16.5. The molecule has 1 aromatic rings. The van der Waals surface area contributed by atoms with Gasteiger partial charge in [-0.15, -0.1) is 0 Å². The van der Waals surface area contributed by atoms with Gasteiger partial charge in [0, 0.05) is 13.2 Å². The molecule has 1 atom stereocenters. The predicted molar refractivity (Wildman–Crippen MR) is 64.1 cm³/mol. The molecule has 1 unspecified atom stereocenters. The molecule has 1 aliphatic heterocycles. The van der Waals surface area contributed by atoms with Crippen LogP contribution in [0.1, 0.15) is 6.42 Å². The molecule has 0 spiro atoms. The second-order valence-corrected chi connectivity index (χ2v) is 3.85. The summed E-state index contributed by atoms with van der Waals surface area (Å²) in [6.45, 7) is 1.01. The summed E-state index contributed by atoms with van der Waals surface area (Å²) in [6.07, 6.45) is 0.0474. The number of hydrogen-bond donors (Lipinski definition) is 3. The molecule has 1 heterocycles. The maximum atomic E-state index is 11.7. The Morgan fingerprint density at radius 2 is 2.35 bits per heavy atom. The summed E-state index contributed by atoms with van der Waals surface area (Å²) in [4.78, 5) is 11.7. The number of aliphatic hydroxyl groups is 1. The average molecular weight is 236 g/mol. The number of nitrogens with one attached hydrogen (secondary N) is 2. The van der Waals surface area contributed by atoms with Crippen LogP contribution in [0.25, 0.3) is 0 Å². The smallest absolute Gasteiger partial charge is 0.262 e. The molecule has 0 aromatic heterocycles. The van der Waals surface area contributed by atoms with Gasteiger partial charge in [-0.25, -0.2) is 0 Å². The first-order chi connectivity index (χ1) is 8.31. The zero-order chi connectivity index (χ0) is 12.1. The first-order valence-corrected chi connectivity index (χ1v) is 5.69. The van der Waals surface area contributed by atoms with Crippen molar-refractivity contribution in [2.75, 3.05) is 25.0 Å². The molecule has 0 bridgehead atoms. The molecular formula is C12H16N2O3. The number of anilines is 1. The fraction of sp³-hybridized carbons (Fsp3) is 0.417. The van der Waals surface area contributed by atoms with Crippen LogP contribution in [0.3, 0.4) is 0 Å². The van der Waals surface area contributed by atoms with Gasteiger partial charge in [0.1, 0.15) is 5.75 Å². The first-order valence-electron chi connectivity index (χ1n) is 5.69. The van der Waals surface area contributed by atoms with Gasteiger partial charge in [-0.05, 0) is 18.6 Å². The van der Waals surface area contributed by atoms with Crippen molar-refractivity contribution in [3.05, 3.63) is 24.3 Å². The van der Waals surface area contributed by atoms with Gasteiger partial charge in [0.25, 0.3) is 5.91 Å². The van der Waals surface area contributed by atoms with E-state index in [0.717, 1.165) is 5.69 Å². The lowest BCUT2D eigenvalue weighted by Gasteiger charge is -2.26. The van der Waals surface area contributed by atoms with Gasteiger partial charge < -0.3 is 20.5 Å². The minimum Gasteiger partial charge on any atom is -0.477 e. The summed E-state index contributed by atoms with van der Waals surface area (Å²) >= 11 is 0. The van der Waals surface area contributed by atoms with Gasteiger partial charge in [-0.2, -0.15) is 0 Å². The van der Waals surface area contributed by atoms with Crippen molar-refractivity contribution in [2.24, 2.45) is 0 Å². The normalized spacial score (nSPS) is 17.6. The van der Waals surface area contributed by atoms with E-state index < -0.39 is 6.10 Å². The summed E-state index contributed by atoms with van der Waals surface area (Å²) in [5.74, 6) is 0.543. The minimum absolute atomic E-state index is 0.0763. The van der Waals surface area contributed by atoms with E-state index in [-0.39, 0.29) is 12.5 Å². The standard InChI is InChI=1S/C12H16N2O3/c15-7-3-6-13-12(16)11-8-14-9-4-1-2-5-10(9)17-11/h1-2,4-5,11,14-15H,3,6-8H2,(H,13,16). The molecule has 1 aromatic carbocycles. The van der Waals surface area contributed by atoms with E-state index in [2.05, 4.69) is 10.6 Å². The molecule has 0 aliphatic carbocycles. The van der Waals surface area contributed by atoms with Gasteiger partial charge in [0.15, 0.2) is 6.10 Å². The molecule has 0 saturated heterocycles. The van der Waals surface area contributed by atoms with Gasteiger partial charge in [0.05, 0.1) is 12.2 Å². The zero-order valence-corrected chi connectivity index (χ0v) is 9.48. The number of carbonyl (C=O) groups excluding carboxylic acids is 1. The van der Waals surface area contributed by atoms with Gasteiger partial charge in [-0.3, -0.25) is 4.79 Å². The van der Waals surface area contributed by atoms with Crippen molar-refractivity contribution in [3.8, 4) is 5.75 Å². The van der Waals surface area contributed by atoms with Crippen molar-refractivity contribution >= 4 is 11.6 Å². The summed E-state index contributed by atoms with van der Waals surface area (Å²) in [5.41, 5.74) is 0.909. The summed E-state index contributed by atoms with van der Waals surface area (Å²) in [7, 11) is 0. The van der Waals surface area contributed by atoms with Crippen LogP contribution in [0.4, 0.5) is 5.69 Å². The van der Waals surface area contributed by atoms with Crippen molar-refractivity contribution in [1.82, 2.24) is 5.32 Å². The molecule has 0 radical (unpaired) electrons. The molecule has 0 saturated carbocycles. The third-order valence-electron chi connectivity index (χ3n) is 2.56. The summed E-state index contributed by atoms with van der Waals surface area (Å²) in [6, 6.07) is 7.52. The number of aliphatic hydroxyl groups excluding tert-OH is 1. The van der Waals surface area contributed by atoms with Crippen LogP contribution in [-0.2, 0) is 4.79 Å². The van der Waals surface area contributed by atoms with Gasteiger partial charge in [-0.1, -0.05) is 12.1 Å². The number of carbonyl (C=O) groups is 1. The molecule has 5 nitrogen and oxygen atoms in total. The first kappa shape index (κ1) is 11.7. The zero-order valence-electron chi connectivity index (χ0n) is 9.48. The van der Waals surface area contributed by atoms with Crippen molar-refractivity contribution in [2.45, 2.75) is 12.5 Å². The lowest BCUT2D eigenvalue weighted by atomic mass is 10.2. The quantitative estimate of drug-likeness (QED) is 0.660. The summed E-state index contributed by atoms with van der Waals surface area (Å²) in [5, 5.41) is 14.5. The van der Waals surface area contributed by atoms with Crippen LogP contribution < -0.4 is 15.4 Å². The van der Waals surface area contributed by atoms with E-state index in [9.17, 15) is 4.79 Å². The number of ether oxygens (including phenoxy) is 1. The lowest BCUT2D eigenvalue weighted by molar-refractivity contribution is -0.127. The van der Waals surface area contributed by atoms with E-state index >= 15 is 0 Å². The fourth-order valence-corrected chi connectivity index (χ4v) is 1.66. The highest BCUT2D eigenvalue weighted by molar-refractivity contribution is 5.83. The molecule has 2 rings (SSSR count). The highest BCUT2D eigenvalue weighted by Gasteiger charge is 2.24. The highest BCUT2D eigenvalue weighted by Crippen LogP contribution is 2.27. The Labute approximate surface area is 99.8 Å². The van der Waals surface area contributed by atoms with Crippen LogP contribution in [0.2, 0.25) is 0 Å². The Morgan fingerprint density at radius 3 is 3.18 bits per heavy atom. The molecule has 1 aliphatic rings. The van der Waals surface area contributed by atoms with Crippen LogP contribution in [-0.4, -0.2) is 36.8 Å². The Kier molecular flexibility index (Phi) is 3.82. The van der Waals surface area contributed by atoms with E-state index in [1.54, 1.807) is 0 Å². The summed E-state index contributed by atoms with van der Waals surface area (Å²) < 4.78 is 5.59. The molecule has 3 N–H and O–H groups in total. The molecule has 5 heteroatoms. The molecule has 1 amide bonds. The predicted octanol–water partition coefficient (Wildman–Crippen LogP) is 0.358. The fourth-order valence-electron chi connectivity index (χ4n) is 1.66. The topological polar surface area (TPSA) is 70.6 Å². The molecular weight excluding hydrogens is 220 g/mol. The van der Waals surface area contributed by atoms with Crippen LogP contribution in [0, 0.1) is 0 Å². The van der Waals surface area contributed by atoms with E-state index in [0.29, 0.717) is 25.3 Å². The van der Waals surface area contributed by atoms with Crippen LogP contribution in [0.15, 0.2) is 24.3 Å². The van der Waals surface area contributed by atoms with E-state index in [1.807, 2.05) is 24.3 Å². The monoisotopic (exact) mass is 236 g/mol. The molecule has 17 heavy (non-hydrogen) atoms. The number of para-hydroxylation sites is 2. The SMILES string of the molecule is O=C(NCCCO)C1CNc2ccccc2O1. The number of amides is 1. The largest absolute Gasteiger partial charge is 0.477 e.